The van der Waals surface area contributed by atoms with Gasteiger partial charge in [0.25, 0.3) is 0 Å². The number of nitrogens with two attached hydrogens (primary N) is 2. The quantitative estimate of drug-likeness (QED) is 0.115. The molecule has 33 heavy (non-hydrogen) atoms. The molecule has 1 rings (SSSR count). The summed E-state index contributed by atoms with van der Waals surface area (Å²) in [6.07, 6.45) is 1.16. The molecule has 15 nitrogen and oxygen atoms in total. The number of carboxylic acids is 2. The van der Waals surface area contributed by atoms with Crippen LogP contribution in [-0.4, -0.2) is 85.7 Å². The molecule has 0 aliphatic heterocycles. The summed E-state index contributed by atoms with van der Waals surface area (Å²) in [5.74, 6) is -6.78. The predicted octanol–water partition coefficient (Wildman–Crippen LogP) is -3.90. The Balaban J connectivity index is 2.96. The van der Waals surface area contributed by atoms with Gasteiger partial charge in [-0.3, -0.25) is 24.0 Å². The van der Waals surface area contributed by atoms with Crippen molar-refractivity contribution in [3.8, 4) is 0 Å². The number of amides is 4. The number of carbonyl (C=O) groups excluding carboxylic acids is 4. The Bertz CT molecular complexity index is 879. The standard InChI is InChI=1S/C17H25N7O8S/c18-8(2-12(19)25)14(28)24-11(5-33)16(30)22-9(1-7-4-20-6-21-7)15(29)23-10(17(31)32)3-13(26)27/h4,6,8-11,33H,1-3,5,18H2,(H2,19,25)(H,20,21)(H,22,30)(H,23,29)(H,24,28)(H,26,27)(H,31,32). The van der Waals surface area contributed by atoms with Crippen LogP contribution in [0.25, 0.3) is 0 Å². The highest BCUT2D eigenvalue weighted by Crippen LogP contribution is 2.03. The van der Waals surface area contributed by atoms with Crippen molar-refractivity contribution < 1.29 is 39.0 Å². The Labute approximate surface area is 192 Å². The van der Waals surface area contributed by atoms with Crippen LogP contribution in [0.5, 0.6) is 0 Å². The lowest BCUT2D eigenvalue weighted by atomic mass is 10.1. The predicted molar refractivity (Wildman–Crippen MR) is 114 cm³/mol. The van der Waals surface area contributed by atoms with E-state index >= 15 is 0 Å². The van der Waals surface area contributed by atoms with Crippen molar-refractivity contribution >= 4 is 48.2 Å². The smallest absolute Gasteiger partial charge is 0.326 e. The molecular formula is C17H25N7O8S. The molecule has 10 N–H and O–H groups in total. The maximum atomic E-state index is 12.7. The van der Waals surface area contributed by atoms with E-state index in [1.54, 1.807) is 0 Å². The summed E-state index contributed by atoms with van der Waals surface area (Å²) >= 11 is 3.98. The van der Waals surface area contributed by atoms with Gasteiger partial charge in [0.05, 0.1) is 25.2 Å². The second-order valence-electron chi connectivity index (χ2n) is 6.86. The zero-order chi connectivity index (χ0) is 25.1. The lowest BCUT2D eigenvalue weighted by Crippen LogP contribution is -2.58. The third-order valence-electron chi connectivity index (χ3n) is 4.18. The number of aliphatic carboxylic acids is 2. The van der Waals surface area contributed by atoms with Crippen molar-refractivity contribution in [1.29, 1.82) is 0 Å². The van der Waals surface area contributed by atoms with Crippen LogP contribution < -0.4 is 27.4 Å². The maximum Gasteiger partial charge on any atom is 0.326 e. The molecule has 0 spiro atoms. The summed E-state index contributed by atoms with van der Waals surface area (Å²) in [6, 6.07) is -5.70. The van der Waals surface area contributed by atoms with E-state index in [9.17, 15) is 28.8 Å². The highest BCUT2D eigenvalue weighted by atomic mass is 32.1. The van der Waals surface area contributed by atoms with Crippen molar-refractivity contribution in [3.05, 3.63) is 18.2 Å². The average molecular weight is 487 g/mol. The van der Waals surface area contributed by atoms with E-state index in [0.29, 0.717) is 5.69 Å². The number of imidazole rings is 1. The molecule has 4 atom stereocenters. The molecule has 4 amide bonds. The fourth-order valence-electron chi connectivity index (χ4n) is 2.53. The van der Waals surface area contributed by atoms with Crippen LogP contribution >= 0.6 is 12.6 Å². The number of nitrogens with one attached hydrogen (secondary N) is 4. The molecule has 16 heteroatoms. The van der Waals surface area contributed by atoms with Crippen LogP contribution in [0.2, 0.25) is 0 Å². The number of carbonyl (C=O) groups is 6. The third-order valence-corrected chi connectivity index (χ3v) is 4.54. The van der Waals surface area contributed by atoms with Gasteiger partial charge in [-0.2, -0.15) is 12.6 Å². The van der Waals surface area contributed by atoms with Gasteiger partial charge in [0.15, 0.2) is 0 Å². The molecule has 0 aliphatic rings. The molecule has 0 bridgehead atoms. The van der Waals surface area contributed by atoms with E-state index in [-0.39, 0.29) is 12.2 Å². The molecule has 1 heterocycles. The Hall–Kier alpha value is -3.66. The number of hydrogen-bond donors (Lipinski definition) is 9. The summed E-state index contributed by atoms with van der Waals surface area (Å²) in [4.78, 5) is 77.0. The summed E-state index contributed by atoms with van der Waals surface area (Å²) < 4.78 is 0. The van der Waals surface area contributed by atoms with E-state index in [1.165, 1.54) is 12.5 Å². The molecule has 4 unspecified atom stereocenters. The van der Waals surface area contributed by atoms with Crippen LogP contribution in [0.1, 0.15) is 18.5 Å². The Morgan fingerprint density at radius 2 is 1.55 bits per heavy atom. The highest BCUT2D eigenvalue weighted by Gasteiger charge is 2.31. The van der Waals surface area contributed by atoms with Gasteiger partial charge >= 0.3 is 11.9 Å². The highest BCUT2D eigenvalue weighted by molar-refractivity contribution is 7.80. The number of thiol groups is 1. The topological polar surface area (TPSA) is 260 Å². The molecule has 0 radical (unpaired) electrons. The molecule has 0 aromatic carbocycles. The number of aromatic amines is 1. The van der Waals surface area contributed by atoms with Crippen LogP contribution in [0.3, 0.4) is 0 Å². The van der Waals surface area contributed by atoms with Gasteiger partial charge in [0.2, 0.25) is 23.6 Å². The second-order valence-corrected chi connectivity index (χ2v) is 7.23. The van der Waals surface area contributed by atoms with Crippen molar-refractivity contribution in [2.45, 2.75) is 43.4 Å². The van der Waals surface area contributed by atoms with Crippen molar-refractivity contribution in [2.24, 2.45) is 11.5 Å². The number of rotatable bonds is 14. The fraction of sp³-hybridized carbons (Fsp3) is 0.471. The van der Waals surface area contributed by atoms with Gasteiger partial charge in [-0.1, -0.05) is 0 Å². The monoisotopic (exact) mass is 487 g/mol. The molecule has 1 aromatic heterocycles. The molecule has 0 fully saturated rings. The van der Waals surface area contributed by atoms with Crippen LogP contribution in [0.4, 0.5) is 0 Å². The van der Waals surface area contributed by atoms with E-state index in [0.717, 1.165) is 0 Å². The van der Waals surface area contributed by atoms with E-state index < -0.39 is 72.6 Å². The molecule has 182 valence electrons. The van der Waals surface area contributed by atoms with Crippen LogP contribution in [-0.2, 0) is 35.2 Å². The minimum atomic E-state index is -1.75. The van der Waals surface area contributed by atoms with E-state index in [2.05, 4.69) is 38.5 Å². The minimum Gasteiger partial charge on any atom is -0.481 e. The van der Waals surface area contributed by atoms with Crippen LogP contribution in [0, 0.1) is 0 Å². The zero-order valence-corrected chi connectivity index (χ0v) is 18.1. The Morgan fingerprint density at radius 3 is 2.03 bits per heavy atom. The van der Waals surface area contributed by atoms with Crippen molar-refractivity contribution in [1.82, 2.24) is 25.9 Å². The SMILES string of the molecule is NC(=O)CC(N)C(=O)NC(CS)C(=O)NC(Cc1cnc[nH]1)C(=O)NC(CC(=O)O)C(=O)O. The first kappa shape index (κ1) is 27.4. The lowest BCUT2D eigenvalue weighted by Gasteiger charge is -2.24. The minimum absolute atomic E-state index is 0.161. The molecular weight excluding hydrogens is 462 g/mol. The second kappa shape index (κ2) is 13.0. The van der Waals surface area contributed by atoms with Crippen molar-refractivity contribution in [2.75, 3.05) is 5.75 Å². The third kappa shape index (κ3) is 9.56. The molecule has 0 saturated carbocycles. The van der Waals surface area contributed by atoms with E-state index in [1.807, 2.05) is 0 Å². The summed E-state index contributed by atoms with van der Waals surface area (Å²) in [5, 5.41) is 24.7. The number of primary amides is 1. The lowest BCUT2D eigenvalue weighted by molar-refractivity contribution is -0.147. The number of nitrogens with zero attached hydrogens (tertiary/aromatic N) is 1. The van der Waals surface area contributed by atoms with Crippen molar-refractivity contribution in [3.63, 3.8) is 0 Å². The first-order valence-corrected chi connectivity index (χ1v) is 10.1. The molecule has 0 aliphatic carbocycles. The maximum absolute atomic E-state index is 12.7. The average Bonchev–Trinajstić information content (AvgIpc) is 3.22. The van der Waals surface area contributed by atoms with Gasteiger partial charge < -0.3 is 42.6 Å². The number of aromatic nitrogens is 2. The van der Waals surface area contributed by atoms with Gasteiger partial charge in [-0.05, 0) is 0 Å². The fourth-order valence-corrected chi connectivity index (χ4v) is 2.78. The van der Waals surface area contributed by atoms with Gasteiger partial charge in [-0.15, -0.1) is 0 Å². The number of H-pyrrole nitrogens is 1. The summed E-state index contributed by atoms with van der Waals surface area (Å²) in [6.45, 7) is 0. The van der Waals surface area contributed by atoms with Gasteiger partial charge in [0.1, 0.15) is 18.1 Å². The number of carboxylic acid groups (broad SMARTS) is 2. The molecule has 0 saturated heterocycles. The van der Waals surface area contributed by atoms with Crippen LogP contribution in [0.15, 0.2) is 12.5 Å². The first-order valence-electron chi connectivity index (χ1n) is 9.42. The number of hydrogen-bond acceptors (Lipinski definition) is 9. The van der Waals surface area contributed by atoms with Gasteiger partial charge in [0, 0.05) is 24.1 Å². The molecule has 1 aromatic rings. The zero-order valence-electron chi connectivity index (χ0n) is 17.2. The van der Waals surface area contributed by atoms with E-state index in [4.69, 9.17) is 21.7 Å². The summed E-state index contributed by atoms with van der Waals surface area (Å²) in [5.41, 5.74) is 10.9. The first-order chi connectivity index (χ1) is 15.4. The van der Waals surface area contributed by atoms with Gasteiger partial charge in [-0.25, -0.2) is 9.78 Å². The Morgan fingerprint density at radius 1 is 0.970 bits per heavy atom. The summed E-state index contributed by atoms with van der Waals surface area (Å²) in [7, 11) is 0. The normalized spacial score (nSPS) is 14.2. The largest absolute Gasteiger partial charge is 0.481 e. The Kier molecular flexibility index (Phi) is 10.8.